The molecule has 0 atom stereocenters. The Balaban J connectivity index is 0.00000484. The average Bonchev–Trinajstić information content (AvgIpc) is 2.51. The van der Waals surface area contributed by atoms with E-state index in [0.29, 0.717) is 12.8 Å². The van der Waals surface area contributed by atoms with Gasteiger partial charge in [-0.2, -0.15) is 0 Å². The van der Waals surface area contributed by atoms with E-state index in [-0.39, 0.29) is 37.3 Å². The van der Waals surface area contributed by atoms with Gasteiger partial charge in [-0.15, -0.1) is 12.4 Å². The molecule has 0 aliphatic heterocycles. The van der Waals surface area contributed by atoms with E-state index in [0.717, 1.165) is 15.7 Å². The van der Waals surface area contributed by atoms with Crippen LogP contribution in [0.2, 0.25) is 0 Å². The van der Waals surface area contributed by atoms with Crippen molar-refractivity contribution >= 4 is 45.8 Å². The van der Waals surface area contributed by atoms with Gasteiger partial charge in [0.05, 0.1) is 12.0 Å². The Morgan fingerprint density at radius 3 is 2.39 bits per heavy atom. The van der Waals surface area contributed by atoms with Gasteiger partial charge < -0.3 is 16.4 Å². The van der Waals surface area contributed by atoms with Crippen molar-refractivity contribution in [1.29, 1.82) is 0 Å². The minimum Gasteiger partial charge on any atom is -0.347 e. The predicted octanol–water partition coefficient (Wildman–Crippen LogP) is 3.00. The fourth-order valence-corrected chi connectivity index (χ4v) is 2.58. The molecule has 7 heteroatoms. The summed E-state index contributed by atoms with van der Waals surface area (Å²) in [6.45, 7) is 5.99. The summed E-state index contributed by atoms with van der Waals surface area (Å²) >= 11 is 3.37. The van der Waals surface area contributed by atoms with Gasteiger partial charge in [-0.3, -0.25) is 9.59 Å². The summed E-state index contributed by atoms with van der Waals surface area (Å²) in [5, 5.41) is 5.48. The third-order valence-electron chi connectivity index (χ3n) is 4.11. The lowest BCUT2D eigenvalue weighted by atomic mass is 9.81. The summed E-state index contributed by atoms with van der Waals surface area (Å²) in [6.07, 6.45) is 1.30. The largest absolute Gasteiger partial charge is 0.347 e. The third kappa shape index (κ3) is 5.79. The number of carbonyl (C=O) groups is 2. The molecular formula is C16H25BrClN3O2. The number of hydrogen-bond donors (Lipinski definition) is 3. The van der Waals surface area contributed by atoms with Gasteiger partial charge in [-0.05, 0) is 37.5 Å². The topological polar surface area (TPSA) is 84.2 Å². The van der Waals surface area contributed by atoms with Crippen LogP contribution in [-0.4, -0.2) is 24.9 Å². The van der Waals surface area contributed by atoms with Crippen LogP contribution in [0.25, 0.3) is 0 Å². The van der Waals surface area contributed by atoms with Crippen LogP contribution in [0.1, 0.15) is 32.3 Å². The number of nitrogens with one attached hydrogen (secondary N) is 2. The second-order valence-electron chi connectivity index (χ2n) is 5.38. The summed E-state index contributed by atoms with van der Waals surface area (Å²) in [5.74, 6) is -0.422. The van der Waals surface area contributed by atoms with Gasteiger partial charge >= 0.3 is 0 Å². The fourth-order valence-electron chi connectivity index (χ4n) is 2.22. The van der Waals surface area contributed by atoms with Crippen molar-refractivity contribution in [3.05, 3.63) is 28.2 Å². The summed E-state index contributed by atoms with van der Waals surface area (Å²) in [4.78, 5) is 24.3. The van der Waals surface area contributed by atoms with Crippen molar-refractivity contribution in [2.75, 3.05) is 18.4 Å². The first-order valence-corrected chi connectivity index (χ1v) is 8.22. The van der Waals surface area contributed by atoms with Crippen molar-refractivity contribution < 1.29 is 9.59 Å². The van der Waals surface area contributed by atoms with Crippen molar-refractivity contribution in [3.63, 3.8) is 0 Å². The highest BCUT2D eigenvalue weighted by atomic mass is 79.9. The molecule has 0 saturated heterocycles. The van der Waals surface area contributed by atoms with Crippen LogP contribution in [0.3, 0.4) is 0 Å². The van der Waals surface area contributed by atoms with Crippen molar-refractivity contribution in [1.82, 2.24) is 5.32 Å². The van der Waals surface area contributed by atoms with Gasteiger partial charge in [0.15, 0.2) is 0 Å². The summed E-state index contributed by atoms with van der Waals surface area (Å²) in [7, 11) is 0. The molecule has 0 heterocycles. The third-order valence-corrected chi connectivity index (χ3v) is 4.60. The summed E-state index contributed by atoms with van der Waals surface area (Å²) in [5.41, 5.74) is 6.82. The van der Waals surface area contributed by atoms with Gasteiger partial charge in [0.25, 0.3) is 0 Å². The van der Waals surface area contributed by atoms with Crippen molar-refractivity contribution in [2.24, 2.45) is 11.1 Å². The molecule has 0 aliphatic carbocycles. The van der Waals surface area contributed by atoms with E-state index in [1.165, 1.54) is 0 Å². The average molecular weight is 407 g/mol. The predicted molar refractivity (Wildman–Crippen MR) is 99.8 cm³/mol. The number of rotatable bonds is 7. The molecule has 5 nitrogen and oxygen atoms in total. The van der Waals surface area contributed by atoms with E-state index in [2.05, 4.69) is 26.6 Å². The number of amides is 2. The first kappa shape index (κ1) is 21.9. The van der Waals surface area contributed by atoms with E-state index in [4.69, 9.17) is 5.73 Å². The molecular weight excluding hydrogens is 382 g/mol. The fraction of sp³-hybridized carbons (Fsp3) is 0.500. The van der Waals surface area contributed by atoms with E-state index >= 15 is 0 Å². The minimum absolute atomic E-state index is 0. The number of halogens is 2. The lowest BCUT2D eigenvalue weighted by Crippen LogP contribution is -2.47. The minimum atomic E-state index is -0.591. The molecule has 0 spiro atoms. The number of aryl methyl sites for hydroxylation is 1. The highest BCUT2D eigenvalue weighted by Gasteiger charge is 2.33. The van der Waals surface area contributed by atoms with E-state index in [9.17, 15) is 9.59 Å². The molecule has 1 rings (SSSR count). The van der Waals surface area contributed by atoms with Crippen LogP contribution in [0.5, 0.6) is 0 Å². The van der Waals surface area contributed by atoms with Gasteiger partial charge in [0.1, 0.15) is 0 Å². The Bertz CT molecular complexity index is 540. The maximum absolute atomic E-state index is 12.3. The lowest BCUT2D eigenvalue weighted by Gasteiger charge is -2.28. The maximum Gasteiger partial charge on any atom is 0.243 e. The SMILES string of the molecule is CCC(CC)(CN)C(=O)NCC(=O)Nc1cc(Br)ccc1C.Cl. The van der Waals surface area contributed by atoms with Crippen LogP contribution in [-0.2, 0) is 9.59 Å². The summed E-state index contributed by atoms with van der Waals surface area (Å²) < 4.78 is 0.886. The molecule has 1 aromatic carbocycles. The molecule has 0 saturated carbocycles. The van der Waals surface area contributed by atoms with E-state index in [1.807, 2.05) is 39.0 Å². The smallest absolute Gasteiger partial charge is 0.243 e. The number of anilines is 1. The van der Waals surface area contributed by atoms with E-state index < -0.39 is 5.41 Å². The Hall–Kier alpha value is -1.11. The quantitative estimate of drug-likeness (QED) is 0.651. The molecule has 23 heavy (non-hydrogen) atoms. The van der Waals surface area contributed by atoms with Crippen LogP contribution in [0.4, 0.5) is 5.69 Å². The molecule has 1 aromatic rings. The Labute approximate surface area is 152 Å². The Morgan fingerprint density at radius 1 is 1.26 bits per heavy atom. The highest BCUT2D eigenvalue weighted by molar-refractivity contribution is 9.10. The molecule has 0 aliphatic rings. The van der Waals surface area contributed by atoms with Crippen LogP contribution < -0.4 is 16.4 Å². The molecule has 0 bridgehead atoms. The second-order valence-corrected chi connectivity index (χ2v) is 6.30. The molecule has 2 amide bonds. The van der Waals surface area contributed by atoms with Gasteiger partial charge in [0.2, 0.25) is 11.8 Å². The molecule has 0 aromatic heterocycles. The van der Waals surface area contributed by atoms with Gasteiger partial charge in [-0.25, -0.2) is 0 Å². The zero-order valence-corrected chi connectivity index (χ0v) is 16.1. The van der Waals surface area contributed by atoms with Crippen LogP contribution >= 0.6 is 28.3 Å². The summed E-state index contributed by atoms with van der Waals surface area (Å²) in [6, 6.07) is 5.65. The molecule has 0 radical (unpaired) electrons. The number of benzene rings is 1. The standard InChI is InChI=1S/C16H24BrN3O2.ClH/c1-4-16(5-2,10-18)15(22)19-9-14(21)20-13-8-12(17)7-6-11(13)3;/h6-8H,4-5,9-10,18H2,1-3H3,(H,19,22)(H,20,21);1H. The zero-order chi connectivity index (χ0) is 16.8. The zero-order valence-electron chi connectivity index (χ0n) is 13.7. The first-order chi connectivity index (χ1) is 10.4. The van der Waals surface area contributed by atoms with Gasteiger partial charge in [0, 0.05) is 16.7 Å². The Kier molecular flexibility index (Phi) is 9.42. The first-order valence-electron chi connectivity index (χ1n) is 7.43. The van der Waals surface area contributed by atoms with Gasteiger partial charge in [-0.1, -0.05) is 35.8 Å². The van der Waals surface area contributed by atoms with Crippen LogP contribution in [0, 0.1) is 12.3 Å². The molecule has 130 valence electrons. The normalized spacial score (nSPS) is 10.7. The maximum atomic E-state index is 12.3. The number of carbonyl (C=O) groups excluding carboxylic acids is 2. The van der Waals surface area contributed by atoms with E-state index in [1.54, 1.807) is 0 Å². The highest BCUT2D eigenvalue weighted by Crippen LogP contribution is 2.25. The van der Waals surface area contributed by atoms with Crippen molar-refractivity contribution in [2.45, 2.75) is 33.6 Å². The van der Waals surface area contributed by atoms with Crippen LogP contribution in [0.15, 0.2) is 22.7 Å². The molecule has 0 fully saturated rings. The monoisotopic (exact) mass is 405 g/mol. The second kappa shape index (κ2) is 9.90. The molecule has 4 N–H and O–H groups in total. The lowest BCUT2D eigenvalue weighted by molar-refractivity contribution is -0.132. The number of nitrogens with two attached hydrogens (primary N) is 1. The van der Waals surface area contributed by atoms with Crippen molar-refractivity contribution in [3.8, 4) is 0 Å². The molecule has 0 unspecified atom stereocenters. The number of hydrogen-bond acceptors (Lipinski definition) is 3. The Morgan fingerprint density at radius 2 is 1.87 bits per heavy atom.